The van der Waals surface area contributed by atoms with Crippen molar-refractivity contribution in [2.45, 2.75) is 0 Å². The fourth-order valence-corrected chi connectivity index (χ4v) is 1.85. The lowest BCUT2D eigenvalue weighted by molar-refractivity contribution is -0.131. The van der Waals surface area contributed by atoms with E-state index in [0.29, 0.717) is 5.56 Å². The van der Waals surface area contributed by atoms with Gasteiger partial charge < -0.3 is 10.2 Å². The van der Waals surface area contributed by atoms with Crippen LogP contribution in [0.1, 0.15) is 21.5 Å². The van der Waals surface area contributed by atoms with E-state index < -0.39 is 5.97 Å². The minimum atomic E-state index is -1.08. The van der Waals surface area contributed by atoms with E-state index in [2.05, 4.69) is 0 Å². The Hall–Kier alpha value is -3.14. The van der Waals surface area contributed by atoms with Crippen LogP contribution in [0.3, 0.4) is 0 Å². The normalized spacial score (nSPS) is 11.1. The van der Waals surface area contributed by atoms with Gasteiger partial charge in [-0.3, -0.25) is 4.79 Å². The molecule has 4 nitrogen and oxygen atoms in total. The quantitative estimate of drug-likeness (QED) is 0.655. The van der Waals surface area contributed by atoms with Crippen LogP contribution in [0.25, 0.3) is 12.2 Å². The minimum absolute atomic E-state index is 0.125. The Morgan fingerprint density at radius 3 is 2.23 bits per heavy atom. The van der Waals surface area contributed by atoms with E-state index in [1.165, 1.54) is 30.4 Å². The largest absolute Gasteiger partial charge is 0.507 e. The summed E-state index contributed by atoms with van der Waals surface area (Å²) in [6.07, 6.45) is 5.36. The summed E-state index contributed by atoms with van der Waals surface area (Å²) in [5, 5.41) is 18.4. The summed E-state index contributed by atoms with van der Waals surface area (Å²) in [6.45, 7) is 0. The molecular formula is C18H14O4. The van der Waals surface area contributed by atoms with Gasteiger partial charge in [0.15, 0.2) is 5.78 Å². The van der Waals surface area contributed by atoms with Gasteiger partial charge in [0.1, 0.15) is 5.75 Å². The van der Waals surface area contributed by atoms with Gasteiger partial charge >= 0.3 is 5.97 Å². The summed E-state index contributed by atoms with van der Waals surface area (Å²) in [7, 11) is 0. The SMILES string of the molecule is O=C(O)/C=C/c1ccc(O)c(C(=O)/C=C/c2ccccc2)c1. The van der Waals surface area contributed by atoms with Crippen LogP contribution in [-0.4, -0.2) is 22.0 Å². The van der Waals surface area contributed by atoms with Crippen LogP contribution in [0.15, 0.2) is 60.7 Å². The highest BCUT2D eigenvalue weighted by molar-refractivity contribution is 6.09. The lowest BCUT2D eigenvalue weighted by Gasteiger charge is -2.02. The Morgan fingerprint density at radius 1 is 0.864 bits per heavy atom. The van der Waals surface area contributed by atoms with Gasteiger partial charge in [0.2, 0.25) is 0 Å². The third kappa shape index (κ3) is 4.18. The minimum Gasteiger partial charge on any atom is -0.507 e. The lowest BCUT2D eigenvalue weighted by atomic mass is 10.0. The molecule has 0 bridgehead atoms. The maximum atomic E-state index is 12.1. The number of aliphatic carboxylic acids is 1. The number of carbonyl (C=O) groups excluding carboxylic acids is 1. The number of allylic oxidation sites excluding steroid dienone is 1. The molecule has 0 atom stereocenters. The number of carboxylic acid groups (broad SMARTS) is 1. The molecule has 0 radical (unpaired) electrons. The van der Waals surface area contributed by atoms with Crippen LogP contribution in [0, 0.1) is 0 Å². The molecule has 0 aliphatic carbocycles. The number of carbonyl (C=O) groups is 2. The second-order valence-electron chi connectivity index (χ2n) is 4.56. The zero-order chi connectivity index (χ0) is 15.9. The number of phenols is 1. The highest BCUT2D eigenvalue weighted by atomic mass is 16.4. The first-order chi connectivity index (χ1) is 10.6. The first-order valence-corrected chi connectivity index (χ1v) is 6.58. The first kappa shape index (κ1) is 15.3. The van der Waals surface area contributed by atoms with Crippen LogP contribution >= 0.6 is 0 Å². The molecule has 110 valence electrons. The third-order valence-corrected chi connectivity index (χ3v) is 2.93. The highest BCUT2D eigenvalue weighted by Gasteiger charge is 2.08. The van der Waals surface area contributed by atoms with Gasteiger partial charge in [-0.15, -0.1) is 0 Å². The van der Waals surface area contributed by atoms with Gasteiger partial charge in [0, 0.05) is 6.08 Å². The number of phenolic OH excluding ortho intramolecular Hbond substituents is 1. The molecule has 0 unspecified atom stereocenters. The van der Waals surface area contributed by atoms with Crippen molar-refractivity contribution >= 4 is 23.9 Å². The van der Waals surface area contributed by atoms with E-state index >= 15 is 0 Å². The second kappa shape index (κ2) is 7.04. The van der Waals surface area contributed by atoms with E-state index in [-0.39, 0.29) is 17.1 Å². The molecule has 0 aromatic heterocycles. The smallest absolute Gasteiger partial charge is 0.328 e. The third-order valence-electron chi connectivity index (χ3n) is 2.93. The number of carboxylic acids is 1. The van der Waals surface area contributed by atoms with Gasteiger partial charge in [0.05, 0.1) is 5.56 Å². The zero-order valence-electron chi connectivity index (χ0n) is 11.6. The molecule has 0 aliphatic rings. The lowest BCUT2D eigenvalue weighted by Crippen LogP contribution is -1.96. The molecule has 2 aromatic rings. The van der Waals surface area contributed by atoms with Gasteiger partial charge in [-0.25, -0.2) is 4.79 Å². The molecule has 22 heavy (non-hydrogen) atoms. The standard InChI is InChI=1S/C18H14O4/c19-16(9-6-13-4-2-1-3-5-13)15-12-14(7-10-17(15)20)8-11-18(21)22/h1-12,20H,(H,21,22)/b9-6+,11-8+. The predicted octanol–water partition coefficient (Wildman–Crippen LogP) is 3.39. The van der Waals surface area contributed by atoms with Crippen molar-refractivity contribution in [3.8, 4) is 5.75 Å². The monoisotopic (exact) mass is 294 g/mol. The van der Waals surface area contributed by atoms with E-state index in [1.807, 2.05) is 30.3 Å². The van der Waals surface area contributed by atoms with Gasteiger partial charge in [-0.1, -0.05) is 42.5 Å². The molecule has 0 heterocycles. The van der Waals surface area contributed by atoms with Crippen molar-refractivity contribution in [2.24, 2.45) is 0 Å². The number of benzene rings is 2. The van der Waals surface area contributed by atoms with Gasteiger partial charge in [-0.05, 0) is 35.4 Å². The zero-order valence-corrected chi connectivity index (χ0v) is 11.6. The summed E-state index contributed by atoms with van der Waals surface area (Å²) < 4.78 is 0. The summed E-state index contributed by atoms with van der Waals surface area (Å²) >= 11 is 0. The van der Waals surface area contributed by atoms with Crippen LogP contribution < -0.4 is 0 Å². The maximum absolute atomic E-state index is 12.1. The predicted molar refractivity (Wildman–Crippen MR) is 84.6 cm³/mol. The van der Waals surface area contributed by atoms with E-state index in [0.717, 1.165) is 11.6 Å². The Balaban J connectivity index is 2.23. The highest BCUT2D eigenvalue weighted by Crippen LogP contribution is 2.20. The molecule has 2 aromatic carbocycles. The molecular weight excluding hydrogens is 280 g/mol. The van der Waals surface area contributed by atoms with Crippen molar-refractivity contribution in [1.29, 1.82) is 0 Å². The maximum Gasteiger partial charge on any atom is 0.328 e. The van der Waals surface area contributed by atoms with Crippen molar-refractivity contribution in [3.05, 3.63) is 77.4 Å². The Kier molecular flexibility index (Phi) is 4.88. The molecule has 0 aliphatic heterocycles. The fraction of sp³-hybridized carbons (Fsp3) is 0. The van der Waals surface area contributed by atoms with Crippen LogP contribution in [0.5, 0.6) is 5.75 Å². The summed E-state index contributed by atoms with van der Waals surface area (Å²) in [5.74, 6) is -1.58. The van der Waals surface area contributed by atoms with Gasteiger partial charge in [0.25, 0.3) is 0 Å². The molecule has 4 heteroatoms. The molecule has 2 rings (SSSR count). The number of ketones is 1. The van der Waals surface area contributed by atoms with Gasteiger partial charge in [-0.2, -0.15) is 0 Å². The Labute approximate surface area is 127 Å². The average Bonchev–Trinajstić information content (AvgIpc) is 2.52. The van der Waals surface area contributed by atoms with Crippen molar-refractivity contribution in [3.63, 3.8) is 0 Å². The summed E-state index contributed by atoms with van der Waals surface area (Å²) in [4.78, 5) is 22.6. The molecule has 0 saturated carbocycles. The van der Waals surface area contributed by atoms with Crippen molar-refractivity contribution in [1.82, 2.24) is 0 Å². The number of rotatable bonds is 5. The number of hydrogen-bond donors (Lipinski definition) is 2. The van der Waals surface area contributed by atoms with Crippen LogP contribution in [0.4, 0.5) is 0 Å². The number of aromatic hydroxyl groups is 1. The molecule has 2 N–H and O–H groups in total. The Morgan fingerprint density at radius 2 is 1.55 bits per heavy atom. The molecule has 0 amide bonds. The molecule has 0 fully saturated rings. The first-order valence-electron chi connectivity index (χ1n) is 6.58. The van der Waals surface area contributed by atoms with Crippen molar-refractivity contribution < 1.29 is 19.8 Å². The summed E-state index contributed by atoms with van der Waals surface area (Å²) in [5.41, 5.74) is 1.52. The second-order valence-corrected chi connectivity index (χ2v) is 4.56. The number of hydrogen-bond acceptors (Lipinski definition) is 3. The van der Waals surface area contributed by atoms with E-state index in [1.54, 1.807) is 6.08 Å². The van der Waals surface area contributed by atoms with E-state index in [4.69, 9.17) is 5.11 Å². The molecule has 0 saturated heterocycles. The Bertz CT molecular complexity index is 743. The van der Waals surface area contributed by atoms with Crippen LogP contribution in [-0.2, 0) is 4.79 Å². The average molecular weight is 294 g/mol. The topological polar surface area (TPSA) is 74.6 Å². The fourth-order valence-electron chi connectivity index (χ4n) is 1.85. The molecule has 0 spiro atoms. The van der Waals surface area contributed by atoms with Crippen LogP contribution in [0.2, 0.25) is 0 Å². The van der Waals surface area contributed by atoms with E-state index in [9.17, 15) is 14.7 Å². The van der Waals surface area contributed by atoms with Crippen molar-refractivity contribution in [2.75, 3.05) is 0 Å². The summed E-state index contributed by atoms with van der Waals surface area (Å²) in [6, 6.07) is 13.7.